The number of nitrogens with zero attached hydrogens (tertiary/aromatic N) is 3. The summed E-state index contributed by atoms with van der Waals surface area (Å²) in [5, 5.41) is 6.04. The Bertz CT molecular complexity index is 726. The Morgan fingerprint density at radius 3 is 3.00 bits per heavy atom. The molecule has 2 aromatic rings. The maximum atomic E-state index is 12.3. The lowest BCUT2D eigenvalue weighted by Gasteiger charge is -2.31. The highest BCUT2D eigenvalue weighted by molar-refractivity contribution is 5.75. The zero-order valence-corrected chi connectivity index (χ0v) is 14.3. The fraction of sp³-hybridized carbons (Fsp3) is 0.500. The van der Waals surface area contributed by atoms with E-state index in [1.807, 2.05) is 22.9 Å². The molecule has 0 radical (unpaired) electrons. The van der Waals surface area contributed by atoms with Crippen molar-refractivity contribution in [1.29, 1.82) is 0 Å². The molecule has 1 aliphatic heterocycles. The highest BCUT2D eigenvalue weighted by Gasteiger charge is 2.48. The van der Waals surface area contributed by atoms with E-state index in [-0.39, 0.29) is 17.7 Å². The highest BCUT2D eigenvalue weighted by atomic mass is 16.5. The average molecular weight is 341 g/mol. The van der Waals surface area contributed by atoms with Crippen molar-refractivity contribution in [3.05, 3.63) is 42.6 Å². The van der Waals surface area contributed by atoms with Crippen LogP contribution < -0.4 is 10.6 Å². The first-order valence-electron chi connectivity index (χ1n) is 8.75. The van der Waals surface area contributed by atoms with Crippen LogP contribution in [0.25, 0.3) is 5.82 Å². The lowest BCUT2D eigenvalue weighted by molar-refractivity contribution is 0.0591. The van der Waals surface area contributed by atoms with Crippen molar-refractivity contribution in [3.8, 4) is 5.82 Å². The van der Waals surface area contributed by atoms with Gasteiger partial charge >= 0.3 is 6.03 Å². The van der Waals surface area contributed by atoms with Gasteiger partial charge in [0.25, 0.3) is 0 Å². The fourth-order valence-corrected chi connectivity index (χ4v) is 3.47. The normalized spacial score (nSPS) is 25.7. The van der Waals surface area contributed by atoms with Crippen LogP contribution in [-0.2, 0) is 11.3 Å². The van der Waals surface area contributed by atoms with Crippen molar-refractivity contribution in [2.45, 2.75) is 44.4 Å². The second-order valence-electron chi connectivity index (χ2n) is 7.10. The highest BCUT2D eigenvalue weighted by Crippen LogP contribution is 2.43. The van der Waals surface area contributed by atoms with E-state index < -0.39 is 0 Å². The fourth-order valence-electron chi connectivity index (χ4n) is 3.47. The standard InChI is InChI=1S/C18H23N5O2/c1-18(6-9-25-16(18)14-3-4-14)22-17(24)21-11-13-2-5-15(20-10-13)23-8-7-19-12-23/h2,5,7-8,10,12,14,16H,3-4,6,9,11H2,1H3,(H2,21,22,24). The Morgan fingerprint density at radius 2 is 2.32 bits per heavy atom. The number of ether oxygens (including phenoxy) is 1. The number of nitrogens with one attached hydrogen (secondary N) is 2. The summed E-state index contributed by atoms with van der Waals surface area (Å²) in [5.74, 6) is 1.40. The number of pyridine rings is 1. The quantitative estimate of drug-likeness (QED) is 0.872. The Kier molecular flexibility index (Phi) is 4.17. The lowest BCUT2D eigenvalue weighted by Crippen LogP contribution is -2.55. The van der Waals surface area contributed by atoms with Gasteiger partial charge in [0.05, 0.1) is 11.6 Å². The van der Waals surface area contributed by atoms with Crippen LogP contribution in [-0.4, -0.2) is 38.8 Å². The van der Waals surface area contributed by atoms with Gasteiger partial charge in [0.15, 0.2) is 0 Å². The summed E-state index contributed by atoms with van der Waals surface area (Å²) >= 11 is 0. The summed E-state index contributed by atoms with van der Waals surface area (Å²) in [4.78, 5) is 20.7. The summed E-state index contributed by atoms with van der Waals surface area (Å²) in [5.41, 5.74) is 0.681. The van der Waals surface area contributed by atoms with Gasteiger partial charge in [-0.3, -0.25) is 4.57 Å². The molecule has 2 aromatic heterocycles. The van der Waals surface area contributed by atoms with Crippen molar-refractivity contribution in [2.24, 2.45) is 5.92 Å². The predicted octanol–water partition coefficient (Wildman–Crippen LogP) is 2.02. The maximum absolute atomic E-state index is 12.3. The van der Waals surface area contributed by atoms with Gasteiger partial charge in [0.1, 0.15) is 12.1 Å². The van der Waals surface area contributed by atoms with Crippen molar-refractivity contribution in [1.82, 2.24) is 25.2 Å². The molecule has 1 saturated heterocycles. The second-order valence-corrected chi connectivity index (χ2v) is 7.10. The molecule has 2 amide bonds. The Labute approximate surface area is 146 Å². The number of aromatic nitrogens is 3. The molecule has 2 N–H and O–H groups in total. The monoisotopic (exact) mass is 341 g/mol. The number of carbonyl (C=O) groups is 1. The van der Waals surface area contributed by atoms with E-state index in [4.69, 9.17) is 4.74 Å². The third-order valence-corrected chi connectivity index (χ3v) is 5.03. The van der Waals surface area contributed by atoms with Crippen molar-refractivity contribution in [3.63, 3.8) is 0 Å². The number of imidazole rings is 1. The molecule has 2 unspecified atom stereocenters. The number of hydrogen-bond acceptors (Lipinski definition) is 4. The summed E-state index contributed by atoms with van der Waals surface area (Å²) in [6.07, 6.45) is 10.4. The summed E-state index contributed by atoms with van der Waals surface area (Å²) in [6.45, 7) is 3.25. The van der Waals surface area contributed by atoms with Crippen LogP contribution in [0.3, 0.4) is 0 Å². The number of urea groups is 1. The zero-order chi connectivity index (χ0) is 17.3. The molecule has 3 heterocycles. The van der Waals surface area contributed by atoms with E-state index in [1.54, 1.807) is 18.7 Å². The van der Waals surface area contributed by atoms with Crippen LogP contribution in [0.1, 0.15) is 31.7 Å². The Balaban J connectivity index is 1.31. The predicted molar refractivity (Wildman–Crippen MR) is 92.2 cm³/mol. The molecule has 2 aliphatic rings. The third-order valence-electron chi connectivity index (χ3n) is 5.03. The largest absolute Gasteiger partial charge is 0.375 e. The van der Waals surface area contributed by atoms with E-state index in [1.165, 1.54) is 12.8 Å². The second kappa shape index (κ2) is 6.48. The molecule has 0 spiro atoms. The van der Waals surface area contributed by atoms with Crippen LogP contribution in [0.2, 0.25) is 0 Å². The molecule has 1 aliphatic carbocycles. The van der Waals surface area contributed by atoms with Crippen LogP contribution in [0.5, 0.6) is 0 Å². The van der Waals surface area contributed by atoms with Crippen LogP contribution >= 0.6 is 0 Å². The molecular weight excluding hydrogens is 318 g/mol. The number of amides is 2. The SMILES string of the molecule is CC1(NC(=O)NCc2ccc(-n3ccnc3)nc2)CCOC1C1CC1. The van der Waals surface area contributed by atoms with Crippen LogP contribution in [0, 0.1) is 5.92 Å². The summed E-state index contributed by atoms with van der Waals surface area (Å²) in [6, 6.07) is 3.71. The summed E-state index contributed by atoms with van der Waals surface area (Å²) < 4.78 is 7.68. The minimum atomic E-state index is -0.269. The first-order valence-corrected chi connectivity index (χ1v) is 8.75. The molecule has 132 valence electrons. The van der Waals surface area contributed by atoms with Gasteiger partial charge in [-0.2, -0.15) is 0 Å². The van der Waals surface area contributed by atoms with Gasteiger partial charge in [-0.1, -0.05) is 6.07 Å². The number of hydrogen-bond donors (Lipinski definition) is 2. The van der Waals surface area contributed by atoms with E-state index in [9.17, 15) is 4.79 Å². The van der Waals surface area contributed by atoms with Crippen LogP contribution in [0.15, 0.2) is 37.1 Å². The third kappa shape index (κ3) is 3.51. The van der Waals surface area contributed by atoms with Gasteiger partial charge < -0.3 is 15.4 Å². The van der Waals surface area contributed by atoms with Gasteiger partial charge in [0, 0.05) is 31.7 Å². The number of carbonyl (C=O) groups excluding carboxylic acids is 1. The molecule has 25 heavy (non-hydrogen) atoms. The molecule has 4 rings (SSSR count). The molecular formula is C18H23N5O2. The van der Waals surface area contributed by atoms with Gasteiger partial charge in [-0.25, -0.2) is 14.8 Å². The van der Waals surface area contributed by atoms with Crippen molar-refractivity contribution >= 4 is 6.03 Å². The van der Waals surface area contributed by atoms with Crippen molar-refractivity contribution < 1.29 is 9.53 Å². The Hall–Kier alpha value is -2.41. The van der Waals surface area contributed by atoms with Gasteiger partial charge in [0.2, 0.25) is 0 Å². The van der Waals surface area contributed by atoms with Gasteiger partial charge in [-0.05, 0) is 43.7 Å². The molecule has 7 nitrogen and oxygen atoms in total. The minimum absolute atomic E-state index is 0.148. The van der Waals surface area contributed by atoms with E-state index in [0.29, 0.717) is 12.5 Å². The summed E-state index contributed by atoms with van der Waals surface area (Å²) in [7, 11) is 0. The van der Waals surface area contributed by atoms with Crippen LogP contribution in [0.4, 0.5) is 4.79 Å². The molecule has 2 fully saturated rings. The van der Waals surface area contributed by atoms with E-state index in [2.05, 4.69) is 27.5 Å². The first-order chi connectivity index (χ1) is 12.1. The molecule has 2 atom stereocenters. The zero-order valence-electron chi connectivity index (χ0n) is 14.3. The molecule has 0 bridgehead atoms. The molecule has 0 aromatic carbocycles. The first kappa shape index (κ1) is 16.1. The van der Waals surface area contributed by atoms with Gasteiger partial charge in [-0.15, -0.1) is 0 Å². The van der Waals surface area contributed by atoms with E-state index >= 15 is 0 Å². The molecule has 1 saturated carbocycles. The lowest BCUT2D eigenvalue weighted by atomic mass is 9.90. The number of rotatable bonds is 5. The Morgan fingerprint density at radius 1 is 1.44 bits per heavy atom. The average Bonchev–Trinajstić information content (AvgIpc) is 3.15. The maximum Gasteiger partial charge on any atom is 0.315 e. The smallest absolute Gasteiger partial charge is 0.315 e. The minimum Gasteiger partial charge on any atom is -0.375 e. The topological polar surface area (TPSA) is 81.1 Å². The molecule has 7 heteroatoms. The van der Waals surface area contributed by atoms with Crippen molar-refractivity contribution in [2.75, 3.05) is 6.61 Å². The van der Waals surface area contributed by atoms with E-state index in [0.717, 1.165) is 24.4 Å².